The quantitative estimate of drug-likeness (QED) is 0.749. The standard InChI is InChI=1S/C10H14O4/c1-6(2)13-10(12)9(11)8-5-4-7(3)14-8/h4-6,9,11H,1-3H3. The van der Waals surface area contributed by atoms with Gasteiger partial charge < -0.3 is 14.3 Å². The number of furan rings is 1. The van der Waals surface area contributed by atoms with Crippen LogP contribution in [0.3, 0.4) is 0 Å². The van der Waals surface area contributed by atoms with Crippen LogP contribution in [0.25, 0.3) is 0 Å². The highest BCUT2D eigenvalue weighted by atomic mass is 16.6. The van der Waals surface area contributed by atoms with E-state index in [4.69, 9.17) is 9.15 Å². The van der Waals surface area contributed by atoms with Gasteiger partial charge in [0, 0.05) is 0 Å². The molecule has 0 spiro atoms. The van der Waals surface area contributed by atoms with Crippen molar-refractivity contribution in [3.05, 3.63) is 23.7 Å². The first-order valence-corrected chi connectivity index (χ1v) is 4.45. The van der Waals surface area contributed by atoms with Gasteiger partial charge in [0.25, 0.3) is 0 Å². The number of esters is 1. The summed E-state index contributed by atoms with van der Waals surface area (Å²) in [7, 11) is 0. The van der Waals surface area contributed by atoms with E-state index in [1.54, 1.807) is 32.9 Å². The summed E-state index contributed by atoms with van der Waals surface area (Å²) in [6.45, 7) is 5.18. The first-order chi connectivity index (χ1) is 6.50. The molecule has 0 aliphatic rings. The molecule has 0 aliphatic heterocycles. The van der Waals surface area contributed by atoms with Gasteiger partial charge in [-0.05, 0) is 32.9 Å². The SMILES string of the molecule is Cc1ccc(C(O)C(=O)OC(C)C)o1. The maximum absolute atomic E-state index is 11.2. The van der Waals surface area contributed by atoms with Crippen molar-refractivity contribution >= 4 is 5.97 Å². The van der Waals surface area contributed by atoms with Crippen molar-refractivity contribution < 1.29 is 19.1 Å². The molecule has 1 rings (SSSR count). The van der Waals surface area contributed by atoms with E-state index >= 15 is 0 Å². The van der Waals surface area contributed by atoms with Gasteiger partial charge in [-0.25, -0.2) is 4.79 Å². The smallest absolute Gasteiger partial charge is 0.343 e. The molecule has 1 unspecified atom stereocenters. The molecule has 1 N–H and O–H groups in total. The van der Waals surface area contributed by atoms with Crippen LogP contribution in [-0.2, 0) is 9.53 Å². The fourth-order valence-electron chi connectivity index (χ4n) is 1.01. The van der Waals surface area contributed by atoms with E-state index in [2.05, 4.69) is 0 Å². The van der Waals surface area contributed by atoms with Gasteiger partial charge in [0.1, 0.15) is 11.5 Å². The predicted molar refractivity (Wildman–Crippen MR) is 49.6 cm³/mol. The largest absolute Gasteiger partial charge is 0.463 e. The van der Waals surface area contributed by atoms with Gasteiger partial charge in [0.2, 0.25) is 6.10 Å². The van der Waals surface area contributed by atoms with Gasteiger partial charge >= 0.3 is 5.97 Å². The van der Waals surface area contributed by atoms with Gasteiger partial charge in [0.05, 0.1) is 6.10 Å². The second kappa shape index (κ2) is 4.28. The molecule has 0 radical (unpaired) electrons. The average Bonchev–Trinajstić information content (AvgIpc) is 2.49. The van der Waals surface area contributed by atoms with Crippen molar-refractivity contribution in [2.24, 2.45) is 0 Å². The fourth-order valence-corrected chi connectivity index (χ4v) is 1.01. The van der Waals surface area contributed by atoms with Gasteiger partial charge in [-0.1, -0.05) is 0 Å². The topological polar surface area (TPSA) is 59.7 Å². The third-order valence-corrected chi connectivity index (χ3v) is 1.61. The van der Waals surface area contributed by atoms with Crippen molar-refractivity contribution in [2.75, 3.05) is 0 Å². The van der Waals surface area contributed by atoms with Gasteiger partial charge in [-0.15, -0.1) is 0 Å². The molecule has 78 valence electrons. The number of hydrogen-bond donors (Lipinski definition) is 1. The average molecular weight is 198 g/mol. The molecule has 4 nitrogen and oxygen atoms in total. The number of rotatable bonds is 3. The Morgan fingerprint density at radius 3 is 2.57 bits per heavy atom. The summed E-state index contributed by atoms with van der Waals surface area (Å²) in [5, 5.41) is 9.48. The number of carbonyl (C=O) groups is 1. The molecule has 0 amide bonds. The minimum atomic E-state index is -1.33. The summed E-state index contributed by atoms with van der Waals surface area (Å²) in [5.74, 6) is 0.180. The van der Waals surface area contributed by atoms with E-state index in [0.29, 0.717) is 5.76 Å². The molecule has 4 heteroatoms. The van der Waals surface area contributed by atoms with Crippen LogP contribution in [0.4, 0.5) is 0 Å². The Kier molecular flexibility index (Phi) is 3.30. The lowest BCUT2D eigenvalue weighted by atomic mass is 10.3. The molecule has 0 saturated carbocycles. The van der Waals surface area contributed by atoms with Crippen LogP contribution in [-0.4, -0.2) is 17.2 Å². The Bertz CT molecular complexity index is 314. The highest BCUT2D eigenvalue weighted by Gasteiger charge is 2.22. The van der Waals surface area contributed by atoms with Crippen LogP contribution in [0.2, 0.25) is 0 Å². The molecular formula is C10H14O4. The number of hydrogen-bond acceptors (Lipinski definition) is 4. The van der Waals surface area contributed by atoms with E-state index in [0.717, 1.165) is 0 Å². The zero-order valence-corrected chi connectivity index (χ0v) is 8.48. The van der Waals surface area contributed by atoms with Crippen molar-refractivity contribution in [2.45, 2.75) is 33.0 Å². The zero-order valence-electron chi connectivity index (χ0n) is 8.48. The summed E-state index contributed by atoms with van der Waals surface area (Å²) in [6, 6.07) is 3.24. The Morgan fingerprint density at radius 1 is 1.50 bits per heavy atom. The van der Waals surface area contributed by atoms with Crippen molar-refractivity contribution in [1.82, 2.24) is 0 Å². The molecule has 1 aromatic rings. The number of ether oxygens (including phenoxy) is 1. The number of aliphatic hydroxyl groups is 1. The highest BCUT2D eigenvalue weighted by Crippen LogP contribution is 2.17. The lowest BCUT2D eigenvalue weighted by Crippen LogP contribution is -2.18. The van der Waals surface area contributed by atoms with Crippen molar-refractivity contribution in [3.63, 3.8) is 0 Å². The molecular weight excluding hydrogens is 184 g/mol. The lowest BCUT2D eigenvalue weighted by molar-refractivity contribution is -0.158. The summed E-state index contributed by atoms with van der Waals surface area (Å²) in [5.41, 5.74) is 0. The minimum absolute atomic E-state index is 0.216. The van der Waals surface area contributed by atoms with Crippen molar-refractivity contribution in [3.8, 4) is 0 Å². The summed E-state index contributed by atoms with van der Waals surface area (Å²) in [6.07, 6.45) is -1.57. The van der Waals surface area contributed by atoms with Gasteiger partial charge in [0.15, 0.2) is 0 Å². The molecule has 0 saturated heterocycles. The Labute approximate surface area is 82.5 Å². The molecule has 1 heterocycles. The normalized spacial score (nSPS) is 12.9. The van der Waals surface area contributed by atoms with E-state index in [-0.39, 0.29) is 11.9 Å². The summed E-state index contributed by atoms with van der Waals surface area (Å²) < 4.78 is 9.92. The van der Waals surface area contributed by atoms with E-state index in [9.17, 15) is 9.90 Å². The number of carbonyl (C=O) groups excluding carboxylic acids is 1. The third-order valence-electron chi connectivity index (χ3n) is 1.61. The monoisotopic (exact) mass is 198 g/mol. The Hall–Kier alpha value is -1.29. The van der Waals surface area contributed by atoms with Crippen LogP contribution < -0.4 is 0 Å². The first kappa shape index (κ1) is 10.8. The molecule has 0 fully saturated rings. The molecule has 1 atom stereocenters. The van der Waals surface area contributed by atoms with Crippen LogP contribution in [0.15, 0.2) is 16.5 Å². The predicted octanol–water partition coefficient (Wildman–Crippen LogP) is 1.57. The lowest BCUT2D eigenvalue weighted by Gasteiger charge is -2.10. The van der Waals surface area contributed by atoms with Crippen molar-refractivity contribution in [1.29, 1.82) is 0 Å². The highest BCUT2D eigenvalue weighted by molar-refractivity contribution is 5.75. The maximum Gasteiger partial charge on any atom is 0.343 e. The first-order valence-electron chi connectivity index (χ1n) is 4.45. The van der Waals surface area contributed by atoms with E-state index < -0.39 is 12.1 Å². The molecule has 14 heavy (non-hydrogen) atoms. The van der Waals surface area contributed by atoms with Crippen LogP contribution in [0.5, 0.6) is 0 Å². The molecule has 0 bridgehead atoms. The fraction of sp³-hybridized carbons (Fsp3) is 0.500. The third kappa shape index (κ3) is 2.60. The van der Waals surface area contributed by atoms with Gasteiger partial charge in [-0.3, -0.25) is 0 Å². The van der Waals surface area contributed by atoms with Crippen LogP contribution in [0.1, 0.15) is 31.5 Å². The second-order valence-corrected chi connectivity index (χ2v) is 3.34. The number of aliphatic hydroxyl groups excluding tert-OH is 1. The second-order valence-electron chi connectivity index (χ2n) is 3.34. The molecule has 0 aliphatic carbocycles. The summed E-state index contributed by atoms with van der Waals surface area (Å²) in [4.78, 5) is 11.2. The molecule has 1 aromatic heterocycles. The van der Waals surface area contributed by atoms with E-state index in [1.807, 2.05) is 0 Å². The zero-order chi connectivity index (χ0) is 10.7. The molecule has 0 aromatic carbocycles. The summed E-state index contributed by atoms with van der Waals surface area (Å²) >= 11 is 0. The van der Waals surface area contributed by atoms with Crippen LogP contribution >= 0.6 is 0 Å². The Morgan fingerprint density at radius 2 is 2.14 bits per heavy atom. The minimum Gasteiger partial charge on any atom is -0.463 e. The van der Waals surface area contributed by atoms with Crippen LogP contribution in [0, 0.1) is 6.92 Å². The maximum atomic E-state index is 11.2. The number of aryl methyl sites for hydroxylation is 1. The van der Waals surface area contributed by atoms with E-state index in [1.165, 1.54) is 0 Å². The Balaban J connectivity index is 2.65. The van der Waals surface area contributed by atoms with Gasteiger partial charge in [-0.2, -0.15) is 0 Å².